The van der Waals surface area contributed by atoms with Gasteiger partial charge in [0.15, 0.2) is 11.3 Å². The van der Waals surface area contributed by atoms with Crippen molar-refractivity contribution in [2.24, 2.45) is 12.5 Å². The lowest BCUT2D eigenvalue weighted by molar-refractivity contribution is -0.140. The Balaban J connectivity index is 1.24. The van der Waals surface area contributed by atoms with Crippen molar-refractivity contribution in [3.8, 4) is 10.6 Å². The summed E-state index contributed by atoms with van der Waals surface area (Å²) in [6.07, 6.45) is 2.19. The Morgan fingerprint density at radius 2 is 2.06 bits per heavy atom. The maximum Gasteiger partial charge on any atom is 0.434 e. The summed E-state index contributed by atoms with van der Waals surface area (Å²) in [7, 11) is 1.55. The third-order valence-electron chi connectivity index (χ3n) is 6.44. The van der Waals surface area contributed by atoms with Crippen molar-refractivity contribution in [2.75, 3.05) is 23.3 Å². The number of alkyl halides is 3. The van der Waals surface area contributed by atoms with Gasteiger partial charge in [0.1, 0.15) is 10.7 Å². The van der Waals surface area contributed by atoms with E-state index >= 15 is 0 Å². The van der Waals surface area contributed by atoms with Crippen LogP contribution in [0.25, 0.3) is 16.2 Å². The van der Waals surface area contributed by atoms with Gasteiger partial charge in [0.05, 0.1) is 11.8 Å². The van der Waals surface area contributed by atoms with Crippen LogP contribution < -0.4 is 10.2 Å². The number of carbonyl (C=O) groups excluding carboxylic acids is 1. The van der Waals surface area contributed by atoms with Gasteiger partial charge in [0, 0.05) is 43.5 Å². The van der Waals surface area contributed by atoms with Crippen molar-refractivity contribution in [3.63, 3.8) is 0 Å². The Bertz CT molecular complexity index is 1420. The Labute approximate surface area is 195 Å². The summed E-state index contributed by atoms with van der Waals surface area (Å²) in [5, 5.41) is 12.4. The van der Waals surface area contributed by atoms with Gasteiger partial charge >= 0.3 is 6.18 Å². The van der Waals surface area contributed by atoms with Crippen molar-refractivity contribution in [1.82, 2.24) is 29.4 Å². The van der Waals surface area contributed by atoms with Gasteiger partial charge < -0.3 is 10.2 Å². The molecule has 0 radical (unpaired) electrons. The molecule has 1 saturated carbocycles. The average molecular weight is 488 g/mol. The van der Waals surface area contributed by atoms with Crippen LogP contribution in [0, 0.1) is 5.41 Å². The van der Waals surface area contributed by atoms with Gasteiger partial charge in [-0.2, -0.15) is 23.3 Å². The highest BCUT2D eigenvalue weighted by Crippen LogP contribution is 2.53. The maximum absolute atomic E-state index is 13.1. The summed E-state index contributed by atoms with van der Waals surface area (Å²) in [6, 6.07) is 3.40. The second-order valence-electron chi connectivity index (χ2n) is 8.82. The largest absolute Gasteiger partial charge is 0.434 e. The Hall–Kier alpha value is -3.48. The van der Waals surface area contributed by atoms with Crippen molar-refractivity contribution >= 4 is 34.5 Å². The predicted octanol–water partition coefficient (Wildman–Crippen LogP) is 3.85. The highest BCUT2D eigenvalue weighted by atomic mass is 32.1. The van der Waals surface area contributed by atoms with E-state index in [-0.39, 0.29) is 16.3 Å². The van der Waals surface area contributed by atoms with Crippen molar-refractivity contribution in [3.05, 3.63) is 41.3 Å². The first-order valence-electron chi connectivity index (χ1n) is 10.7. The molecule has 0 atom stereocenters. The van der Waals surface area contributed by atoms with Crippen molar-refractivity contribution in [2.45, 2.75) is 25.4 Å². The minimum atomic E-state index is -4.56. The first-order chi connectivity index (χ1) is 16.2. The molecule has 0 unspecified atom stereocenters. The van der Waals surface area contributed by atoms with Gasteiger partial charge in [-0.1, -0.05) is 0 Å². The number of anilines is 2. The molecular weight excluding hydrogens is 469 g/mol. The number of carbonyl (C=O) groups is 1. The van der Waals surface area contributed by atoms with Crippen LogP contribution in [-0.2, 0) is 13.2 Å². The highest BCUT2D eigenvalue weighted by Gasteiger charge is 2.48. The Morgan fingerprint density at radius 3 is 2.76 bits per heavy atom. The number of pyridine rings is 1. The van der Waals surface area contributed by atoms with E-state index in [1.54, 1.807) is 29.9 Å². The molecule has 0 aromatic carbocycles. The fraction of sp³-hybridized carbons (Fsp3) is 0.381. The topological polar surface area (TPSA) is 93.2 Å². The second-order valence-corrected chi connectivity index (χ2v) is 9.68. The van der Waals surface area contributed by atoms with Gasteiger partial charge in [0.2, 0.25) is 5.95 Å². The molecule has 2 fully saturated rings. The monoisotopic (exact) mass is 488 g/mol. The normalized spacial score (nSPS) is 17.1. The molecule has 5 heterocycles. The lowest BCUT2D eigenvalue weighted by Crippen LogP contribution is -2.21. The zero-order valence-corrected chi connectivity index (χ0v) is 18.8. The second kappa shape index (κ2) is 7.26. The van der Waals surface area contributed by atoms with Crippen LogP contribution >= 0.6 is 11.3 Å². The standard InChI is InChI=1S/C21H19F3N8OS/c1-30-16(13(9-25-30)18-27-14(10-34-18)21(22,23)24)17(33)26-12-2-6-32-15(8-12)28-19(29-32)31-7-5-20(11-31)3-4-20/h2,6,8-10H,3-5,7,11H2,1H3,(H,26,33). The van der Waals surface area contributed by atoms with Crippen molar-refractivity contribution < 1.29 is 18.0 Å². The number of nitrogens with zero attached hydrogens (tertiary/aromatic N) is 7. The number of nitrogens with one attached hydrogen (secondary N) is 1. The maximum atomic E-state index is 13.1. The van der Waals surface area contributed by atoms with Gasteiger partial charge in [0.25, 0.3) is 5.91 Å². The van der Waals surface area contributed by atoms with Crippen LogP contribution in [0.1, 0.15) is 35.4 Å². The quantitative estimate of drug-likeness (QED) is 0.469. The predicted molar refractivity (Wildman–Crippen MR) is 119 cm³/mol. The third kappa shape index (κ3) is 3.59. The molecule has 13 heteroatoms. The van der Waals surface area contributed by atoms with Crippen LogP contribution in [0.5, 0.6) is 0 Å². The average Bonchev–Trinajstić information content (AvgIpc) is 3.24. The summed E-state index contributed by atoms with van der Waals surface area (Å²) in [6.45, 7) is 1.92. The van der Waals surface area contributed by atoms with E-state index in [4.69, 9.17) is 0 Å². The molecule has 1 N–H and O–H groups in total. The number of fused-ring (bicyclic) bond motifs is 1. The first-order valence-corrected chi connectivity index (χ1v) is 11.6. The number of amides is 1. The van der Waals surface area contributed by atoms with Gasteiger partial charge in [-0.15, -0.1) is 16.4 Å². The van der Waals surface area contributed by atoms with Gasteiger partial charge in [-0.05, 0) is 30.7 Å². The van der Waals surface area contributed by atoms with Crippen LogP contribution in [0.3, 0.4) is 0 Å². The van der Waals surface area contributed by atoms with E-state index in [2.05, 4.69) is 30.4 Å². The summed E-state index contributed by atoms with van der Waals surface area (Å²) in [5.41, 5.74) is 0.867. The molecule has 2 aliphatic rings. The zero-order chi connectivity index (χ0) is 23.7. The lowest BCUT2D eigenvalue weighted by atomic mass is 10.1. The number of aryl methyl sites for hydroxylation is 1. The highest BCUT2D eigenvalue weighted by molar-refractivity contribution is 7.13. The number of aromatic nitrogens is 6. The molecule has 9 nitrogen and oxygen atoms in total. The molecule has 1 saturated heterocycles. The van der Waals surface area contributed by atoms with Crippen LogP contribution in [0.4, 0.5) is 24.8 Å². The molecule has 1 aliphatic heterocycles. The molecule has 176 valence electrons. The van der Waals surface area contributed by atoms with E-state index in [9.17, 15) is 18.0 Å². The molecule has 34 heavy (non-hydrogen) atoms. The van der Waals surface area contributed by atoms with E-state index < -0.39 is 17.8 Å². The first kappa shape index (κ1) is 21.1. The fourth-order valence-electron chi connectivity index (χ4n) is 4.35. The summed E-state index contributed by atoms with van der Waals surface area (Å²) >= 11 is 0.811. The summed E-state index contributed by atoms with van der Waals surface area (Å²) < 4.78 is 41.9. The molecule has 1 aliphatic carbocycles. The zero-order valence-electron chi connectivity index (χ0n) is 18.0. The lowest BCUT2D eigenvalue weighted by Gasteiger charge is -2.12. The fourth-order valence-corrected chi connectivity index (χ4v) is 5.19. The van der Waals surface area contributed by atoms with Crippen LogP contribution in [-0.4, -0.2) is 48.4 Å². The minimum absolute atomic E-state index is 0.0715. The van der Waals surface area contributed by atoms with E-state index in [1.807, 2.05) is 0 Å². The van der Waals surface area contributed by atoms with Crippen molar-refractivity contribution in [1.29, 1.82) is 0 Å². The molecular formula is C21H19F3N8OS. The SMILES string of the molecule is Cn1ncc(-c2nc(C(F)(F)F)cs2)c1C(=O)Nc1ccn2nc(N3CCC4(CC4)C3)nc2c1. The summed E-state index contributed by atoms with van der Waals surface area (Å²) in [4.78, 5) is 23.5. The molecule has 1 amide bonds. The third-order valence-corrected chi connectivity index (χ3v) is 7.32. The molecule has 1 spiro atoms. The number of hydrogen-bond acceptors (Lipinski definition) is 7. The summed E-state index contributed by atoms with van der Waals surface area (Å²) in [5.74, 6) is 0.156. The smallest absolute Gasteiger partial charge is 0.339 e. The molecule has 0 bridgehead atoms. The van der Waals surface area contributed by atoms with Gasteiger partial charge in [-0.3, -0.25) is 9.48 Å². The van der Waals surface area contributed by atoms with Gasteiger partial charge in [-0.25, -0.2) is 9.50 Å². The number of rotatable bonds is 4. The number of hydrogen-bond donors (Lipinski definition) is 1. The van der Waals surface area contributed by atoms with Crippen LogP contribution in [0.15, 0.2) is 29.9 Å². The molecule has 6 rings (SSSR count). The molecule has 4 aromatic rings. The van der Waals surface area contributed by atoms with Crippen LogP contribution in [0.2, 0.25) is 0 Å². The minimum Gasteiger partial charge on any atom is -0.339 e. The number of halogens is 3. The van der Waals surface area contributed by atoms with E-state index in [0.717, 1.165) is 29.8 Å². The Morgan fingerprint density at radius 1 is 1.24 bits per heavy atom. The molecule has 4 aromatic heterocycles. The Kier molecular flexibility index (Phi) is 4.50. The van der Waals surface area contributed by atoms with E-state index in [1.165, 1.54) is 30.1 Å². The van der Waals surface area contributed by atoms with E-state index in [0.29, 0.717) is 22.7 Å². The number of thiazole rings is 1.